The largest absolute Gasteiger partial charge is 0.314 e. The number of halogens is 2. The summed E-state index contributed by atoms with van der Waals surface area (Å²) in [6.45, 7) is 6.25. The fraction of sp³-hybridized carbons (Fsp3) is 0.333. The first-order valence-corrected chi connectivity index (χ1v) is 8.74. The lowest BCUT2D eigenvalue weighted by Crippen LogP contribution is -2.29. The highest BCUT2D eigenvalue weighted by atomic mass is 79.9. The van der Waals surface area contributed by atoms with Gasteiger partial charge in [0.25, 0.3) is 0 Å². The van der Waals surface area contributed by atoms with Crippen molar-refractivity contribution in [3.8, 4) is 0 Å². The number of hydrogen-bond donors (Lipinski definition) is 0. The third-order valence-electron chi connectivity index (χ3n) is 3.51. The zero-order chi connectivity index (χ0) is 15.2. The lowest BCUT2D eigenvalue weighted by molar-refractivity contribution is 0.429. The van der Waals surface area contributed by atoms with Crippen LogP contribution in [-0.4, -0.2) is 14.5 Å². The van der Waals surface area contributed by atoms with Crippen LogP contribution in [0.1, 0.15) is 37.0 Å². The summed E-state index contributed by atoms with van der Waals surface area (Å²) < 4.78 is 3.23. The fourth-order valence-electron chi connectivity index (χ4n) is 2.54. The Balaban J connectivity index is 2.34. The average molecular weight is 385 g/mol. The Labute approximate surface area is 141 Å². The maximum absolute atomic E-state index is 6.37. The van der Waals surface area contributed by atoms with Gasteiger partial charge in [0.05, 0.1) is 21.9 Å². The quantitative estimate of drug-likeness (QED) is 0.571. The monoisotopic (exact) mass is 383 g/mol. The molecular formula is C15H15BrClN3S. The third kappa shape index (κ3) is 2.51. The van der Waals surface area contributed by atoms with E-state index in [1.165, 1.54) is 0 Å². The van der Waals surface area contributed by atoms with Gasteiger partial charge in [0.1, 0.15) is 10.8 Å². The average Bonchev–Trinajstić information content (AvgIpc) is 3.05. The normalized spacial score (nSPS) is 13.8. The van der Waals surface area contributed by atoms with Gasteiger partial charge in [-0.15, -0.1) is 22.9 Å². The molecule has 1 unspecified atom stereocenters. The molecule has 0 amide bonds. The summed E-state index contributed by atoms with van der Waals surface area (Å²) in [7, 11) is 0. The van der Waals surface area contributed by atoms with E-state index in [9.17, 15) is 0 Å². The molecule has 3 rings (SSSR count). The molecule has 3 aromatic rings. The molecule has 6 heteroatoms. The van der Waals surface area contributed by atoms with Crippen molar-refractivity contribution in [2.75, 3.05) is 0 Å². The number of fused-ring (bicyclic) bond motifs is 1. The lowest BCUT2D eigenvalue weighted by atomic mass is 10.1. The minimum atomic E-state index is -0.303. The van der Waals surface area contributed by atoms with Crippen LogP contribution < -0.4 is 0 Å². The standard InChI is InChI=1S/C15H15BrClN3S/c1-9(17)13-19-11-5-4-10(16)8-12(11)20(13)15(2,3)14-18-6-7-21-14/h4-9H,1-3H3. The van der Waals surface area contributed by atoms with Crippen molar-refractivity contribution in [3.63, 3.8) is 0 Å². The van der Waals surface area contributed by atoms with Crippen molar-refractivity contribution < 1.29 is 0 Å². The van der Waals surface area contributed by atoms with E-state index < -0.39 is 0 Å². The Kier molecular flexibility index (Phi) is 3.84. The van der Waals surface area contributed by atoms with Crippen molar-refractivity contribution in [3.05, 3.63) is 45.1 Å². The van der Waals surface area contributed by atoms with Crippen LogP contribution >= 0.6 is 38.9 Å². The molecule has 0 aliphatic rings. The Bertz CT molecular complexity index is 778. The van der Waals surface area contributed by atoms with Crippen LogP contribution in [0, 0.1) is 0 Å². The molecule has 0 bridgehead atoms. The molecule has 0 spiro atoms. The van der Waals surface area contributed by atoms with Gasteiger partial charge in [-0.05, 0) is 39.0 Å². The van der Waals surface area contributed by atoms with Crippen LogP contribution in [0.25, 0.3) is 11.0 Å². The lowest BCUT2D eigenvalue weighted by Gasteiger charge is -2.28. The second kappa shape index (κ2) is 5.38. The summed E-state index contributed by atoms with van der Waals surface area (Å²) in [5, 5.41) is 2.87. The maximum Gasteiger partial charge on any atom is 0.128 e. The summed E-state index contributed by atoms with van der Waals surface area (Å²) in [6.07, 6.45) is 1.83. The zero-order valence-corrected chi connectivity index (χ0v) is 15.1. The van der Waals surface area contributed by atoms with E-state index in [1.807, 2.05) is 30.6 Å². The summed E-state index contributed by atoms with van der Waals surface area (Å²) in [5.41, 5.74) is 1.71. The summed E-state index contributed by atoms with van der Waals surface area (Å²) in [4.78, 5) is 9.21. The molecule has 0 radical (unpaired) electrons. The molecule has 2 heterocycles. The molecule has 1 atom stereocenters. The number of hydrogen-bond acceptors (Lipinski definition) is 3. The van der Waals surface area contributed by atoms with Crippen molar-refractivity contribution in [2.24, 2.45) is 0 Å². The molecule has 0 aliphatic heterocycles. The van der Waals surface area contributed by atoms with Gasteiger partial charge in [0.15, 0.2) is 0 Å². The molecule has 0 saturated carbocycles. The highest BCUT2D eigenvalue weighted by molar-refractivity contribution is 9.10. The van der Waals surface area contributed by atoms with Gasteiger partial charge in [0, 0.05) is 16.0 Å². The zero-order valence-electron chi connectivity index (χ0n) is 12.0. The van der Waals surface area contributed by atoms with Gasteiger partial charge >= 0.3 is 0 Å². The Hall–Kier alpha value is -0.910. The van der Waals surface area contributed by atoms with Crippen LogP contribution in [0.5, 0.6) is 0 Å². The second-order valence-corrected chi connectivity index (χ2v) is 7.92. The minimum absolute atomic E-state index is 0.171. The molecule has 0 N–H and O–H groups in total. The van der Waals surface area contributed by atoms with Crippen LogP contribution in [0.15, 0.2) is 34.2 Å². The summed E-state index contributed by atoms with van der Waals surface area (Å²) in [6, 6.07) is 6.09. The summed E-state index contributed by atoms with van der Waals surface area (Å²) in [5.74, 6) is 0.866. The SMILES string of the molecule is CC(Cl)c1nc2ccc(Br)cc2n1C(C)(C)c1nccs1. The molecule has 1 aromatic carbocycles. The van der Waals surface area contributed by atoms with E-state index in [0.717, 1.165) is 26.3 Å². The number of imidazole rings is 1. The van der Waals surface area contributed by atoms with E-state index >= 15 is 0 Å². The topological polar surface area (TPSA) is 30.7 Å². The Morgan fingerprint density at radius 3 is 2.76 bits per heavy atom. The fourth-order valence-corrected chi connectivity index (χ4v) is 3.79. The van der Waals surface area contributed by atoms with Crippen molar-refractivity contribution in [1.29, 1.82) is 0 Å². The summed E-state index contributed by atoms with van der Waals surface area (Å²) >= 11 is 11.6. The molecule has 110 valence electrons. The number of nitrogens with zero attached hydrogens (tertiary/aromatic N) is 3. The van der Waals surface area contributed by atoms with Crippen LogP contribution in [0.2, 0.25) is 0 Å². The van der Waals surface area contributed by atoms with E-state index in [-0.39, 0.29) is 10.9 Å². The van der Waals surface area contributed by atoms with Crippen LogP contribution in [0.3, 0.4) is 0 Å². The Morgan fingerprint density at radius 2 is 2.14 bits per heavy atom. The van der Waals surface area contributed by atoms with E-state index in [0.29, 0.717) is 0 Å². The number of alkyl halides is 1. The van der Waals surface area contributed by atoms with Crippen molar-refractivity contribution in [2.45, 2.75) is 31.7 Å². The first-order valence-electron chi connectivity index (χ1n) is 6.63. The molecular weight excluding hydrogens is 370 g/mol. The second-order valence-electron chi connectivity index (χ2n) is 5.45. The third-order valence-corrected chi connectivity index (χ3v) is 5.29. The van der Waals surface area contributed by atoms with Crippen molar-refractivity contribution >= 4 is 49.9 Å². The molecule has 2 aromatic heterocycles. The van der Waals surface area contributed by atoms with Gasteiger partial charge in [-0.1, -0.05) is 15.9 Å². The van der Waals surface area contributed by atoms with Gasteiger partial charge in [-0.25, -0.2) is 9.97 Å². The van der Waals surface area contributed by atoms with Gasteiger partial charge in [0.2, 0.25) is 0 Å². The van der Waals surface area contributed by atoms with Gasteiger partial charge in [-0.2, -0.15) is 0 Å². The molecule has 3 nitrogen and oxygen atoms in total. The highest BCUT2D eigenvalue weighted by Gasteiger charge is 2.31. The smallest absolute Gasteiger partial charge is 0.128 e. The first-order chi connectivity index (χ1) is 9.91. The van der Waals surface area contributed by atoms with Gasteiger partial charge < -0.3 is 4.57 Å². The van der Waals surface area contributed by atoms with Crippen LogP contribution in [0.4, 0.5) is 0 Å². The molecule has 0 saturated heterocycles. The number of rotatable bonds is 3. The Morgan fingerprint density at radius 1 is 1.38 bits per heavy atom. The van der Waals surface area contributed by atoms with Gasteiger partial charge in [-0.3, -0.25) is 0 Å². The predicted octanol–water partition coefficient (Wildman–Crippen LogP) is 5.34. The minimum Gasteiger partial charge on any atom is -0.314 e. The highest BCUT2D eigenvalue weighted by Crippen LogP contribution is 2.36. The maximum atomic E-state index is 6.37. The predicted molar refractivity (Wildman–Crippen MR) is 92.2 cm³/mol. The number of thiazole rings is 1. The molecule has 0 fully saturated rings. The molecule has 21 heavy (non-hydrogen) atoms. The molecule has 0 aliphatic carbocycles. The first kappa shape index (κ1) is 15.0. The van der Waals surface area contributed by atoms with E-state index in [2.05, 4.69) is 45.4 Å². The number of aromatic nitrogens is 3. The van der Waals surface area contributed by atoms with E-state index in [4.69, 9.17) is 16.6 Å². The van der Waals surface area contributed by atoms with Crippen molar-refractivity contribution in [1.82, 2.24) is 14.5 Å². The number of benzene rings is 1. The van der Waals surface area contributed by atoms with E-state index in [1.54, 1.807) is 11.3 Å². The van der Waals surface area contributed by atoms with Crippen LogP contribution in [-0.2, 0) is 5.54 Å².